The van der Waals surface area contributed by atoms with E-state index in [1.807, 2.05) is 30.3 Å². The third-order valence-electron chi connectivity index (χ3n) is 4.17. The molecule has 6 nitrogen and oxygen atoms in total. The van der Waals surface area contributed by atoms with Crippen LogP contribution in [0.3, 0.4) is 0 Å². The van der Waals surface area contributed by atoms with Crippen molar-refractivity contribution in [3.05, 3.63) is 70.3 Å². The fourth-order valence-electron chi connectivity index (χ4n) is 3.04. The van der Waals surface area contributed by atoms with E-state index in [-0.39, 0.29) is 30.0 Å². The van der Waals surface area contributed by atoms with E-state index in [2.05, 4.69) is 0 Å². The number of rotatable bonds is 5. The molecule has 0 spiro atoms. The van der Waals surface area contributed by atoms with Crippen molar-refractivity contribution < 1.29 is 14.5 Å². The van der Waals surface area contributed by atoms with E-state index >= 15 is 0 Å². The molecule has 0 aliphatic carbocycles. The molecule has 124 valence electrons. The predicted molar refractivity (Wildman–Crippen MR) is 88.7 cm³/mol. The van der Waals surface area contributed by atoms with Gasteiger partial charge in [-0.3, -0.25) is 14.9 Å². The van der Waals surface area contributed by atoms with Crippen LogP contribution in [0.2, 0.25) is 0 Å². The number of carbonyl (C=O) groups excluding carboxylic acids is 1. The van der Waals surface area contributed by atoms with Gasteiger partial charge in [0.15, 0.2) is 12.4 Å². The van der Waals surface area contributed by atoms with Gasteiger partial charge in [0.25, 0.3) is 5.91 Å². The van der Waals surface area contributed by atoms with Crippen LogP contribution >= 0.6 is 0 Å². The number of para-hydroxylation sites is 2. The van der Waals surface area contributed by atoms with E-state index in [0.717, 1.165) is 18.4 Å². The van der Waals surface area contributed by atoms with Crippen LogP contribution in [0.25, 0.3) is 0 Å². The quantitative estimate of drug-likeness (QED) is 0.624. The molecule has 0 aromatic heterocycles. The normalized spacial score (nSPS) is 16.8. The molecule has 1 heterocycles. The summed E-state index contributed by atoms with van der Waals surface area (Å²) in [7, 11) is 0. The van der Waals surface area contributed by atoms with Crippen molar-refractivity contribution >= 4 is 11.6 Å². The largest absolute Gasteiger partial charge is 0.477 e. The maximum Gasteiger partial charge on any atom is 0.310 e. The van der Waals surface area contributed by atoms with Gasteiger partial charge in [-0.15, -0.1) is 0 Å². The Kier molecular flexibility index (Phi) is 4.74. The Balaban J connectivity index is 1.68. The van der Waals surface area contributed by atoms with Gasteiger partial charge in [-0.1, -0.05) is 42.5 Å². The molecule has 6 heteroatoms. The number of hydrogen-bond acceptors (Lipinski definition) is 4. The lowest BCUT2D eigenvalue weighted by Gasteiger charge is -2.25. The Morgan fingerprint density at radius 3 is 2.62 bits per heavy atom. The molecule has 2 aromatic carbocycles. The maximum atomic E-state index is 12.5. The summed E-state index contributed by atoms with van der Waals surface area (Å²) in [6.07, 6.45) is 1.86. The second-order valence-electron chi connectivity index (χ2n) is 5.67. The topological polar surface area (TPSA) is 72.7 Å². The Bertz CT molecular complexity index is 733. The van der Waals surface area contributed by atoms with Gasteiger partial charge in [-0.05, 0) is 24.5 Å². The van der Waals surface area contributed by atoms with Crippen molar-refractivity contribution in [2.45, 2.75) is 18.9 Å². The Morgan fingerprint density at radius 2 is 1.88 bits per heavy atom. The standard InChI is InChI=1S/C18H18N2O4/c21-18(13-24-17-11-5-4-9-16(17)20(22)23)19-12-6-10-15(19)14-7-2-1-3-8-14/h1-5,7-9,11,15H,6,10,12-13H2/t15-/m1/s1. The van der Waals surface area contributed by atoms with E-state index in [0.29, 0.717) is 6.54 Å². The van der Waals surface area contributed by atoms with Crippen molar-refractivity contribution in [1.82, 2.24) is 4.90 Å². The average Bonchev–Trinajstić information content (AvgIpc) is 3.10. The van der Waals surface area contributed by atoms with Crippen molar-refractivity contribution in [2.75, 3.05) is 13.2 Å². The summed E-state index contributed by atoms with van der Waals surface area (Å²) >= 11 is 0. The van der Waals surface area contributed by atoms with Crippen LogP contribution in [0, 0.1) is 10.1 Å². The Hall–Kier alpha value is -2.89. The molecule has 0 bridgehead atoms. The van der Waals surface area contributed by atoms with E-state index < -0.39 is 4.92 Å². The number of likely N-dealkylation sites (tertiary alicyclic amines) is 1. The molecule has 1 aliphatic heterocycles. The molecule has 1 aliphatic rings. The van der Waals surface area contributed by atoms with Crippen LogP contribution in [0.4, 0.5) is 5.69 Å². The third kappa shape index (κ3) is 3.37. The lowest BCUT2D eigenvalue weighted by molar-refractivity contribution is -0.385. The van der Waals surface area contributed by atoms with Gasteiger partial charge in [0, 0.05) is 12.6 Å². The molecule has 0 N–H and O–H groups in total. The second-order valence-corrected chi connectivity index (χ2v) is 5.67. The summed E-state index contributed by atoms with van der Waals surface area (Å²) in [4.78, 5) is 24.8. The minimum Gasteiger partial charge on any atom is -0.477 e. The highest BCUT2D eigenvalue weighted by atomic mass is 16.6. The van der Waals surface area contributed by atoms with Gasteiger partial charge < -0.3 is 9.64 Å². The fourth-order valence-corrected chi connectivity index (χ4v) is 3.04. The SMILES string of the molecule is O=C(COc1ccccc1[N+](=O)[O-])N1CCC[C@@H]1c1ccccc1. The molecular formula is C18H18N2O4. The molecule has 1 saturated heterocycles. The van der Waals surface area contributed by atoms with Gasteiger partial charge in [-0.2, -0.15) is 0 Å². The highest BCUT2D eigenvalue weighted by molar-refractivity contribution is 5.78. The number of nitro groups is 1. The number of hydrogen-bond donors (Lipinski definition) is 0. The second kappa shape index (κ2) is 7.12. The molecule has 1 amide bonds. The minimum atomic E-state index is -0.511. The van der Waals surface area contributed by atoms with E-state index in [9.17, 15) is 14.9 Å². The lowest BCUT2D eigenvalue weighted by Crippen LogP contribution is -2.34. The number of nitro benzene ring substituents is 1. The molecule has 24 heavy (non-hydrogen) atoms. The Morgan fingerprint density at radius 1 is 1.17 bits per heavy atom. The van der Waals surface area contributed by atoms with Gasteiger partial charge >= 0.3 is 5.69 Å². The first-order chi connectivity index (χ1) is 11.7. The summed E-state index contributed by atoms with van der Waals surface area (Å²) in [5, 5.41) is 11.0. The number of amides is 1. The lowest BCUT2D eigenvalue weighted by atomic mass is 10.0. The van der Waals surface area contributed by atoms with Gasteiger partial charge in [0.05, 0.1) is 11.0 Å². The molecular weight excluding hydrogens is 308 g/mol. The molecule has 3 rings (SSSR count). The summed E-state index contributed by atoms with van der Waals surface area (Å²) in [6.45, 7) is 0.479. The Labute approximate surface area is 139 Å². The first kappa shape index (κ1) is 16.0. The maximum absolute atomic E-state index is 12.5. The summed E-state index contributed by atoms with van der Waals surface area (Å²) < 4.78 is 5.42. The molecule has 0 saturated carbocycles. The summed E-state index contributed by atoms with van der Waals surface area (Å²) in [5.74, 6) is -0.0363. The highest BCUT2D eigenvalue weighted by Gasteiger charge is 2.30. The van der Waals surface area contributed by atoms with Crippen LogP contribution in [-0.4, -0.2) is 28.9 Å². The number of benzene rings is 2. The summed E-state index contributed by atoms with van der Waals surface area (Å²) in [6, 6.07) is 16.0. The van der Waals surface area contributed by atoms with Gasteiger partial charge in [0.1, 0.15) is 0 Å². The zero-order chi connectivity index (χ0) is 16.9. The molecule has 2 aromatic rings. The zero-order valence-corrected chi connectivity index (χ0v) is 13.1. The van der Waals surface area contributed by atoms with Crippen molar-refractivity contribution in [3.8, 4) is 5.75 Å². The minimum absolute atomic E-state index is 0.0491. The monoisotopic (exact) mass is 326 g/mol. The van der Waals surface area contributed by atoms with Crippen LogP contribution in [-0.2, 0) is 4.79 Å². The van der Waals surface area contributed by atoms with Crippen molar-refractivity contribution in [2.24, 2.45) is 0 Å². The number of nitrogens with zero attached hydrogens (tertiary/aromatic N) is 2. The summed E-state index contributed by atoms with van der Waals surface area (Å²) in [5.41, 5.74) is 0.973. The molecule has 0 radical (unpaired) electrons. The fraction of sp³-hybridized carbons (Fsp3) is 0.278. The first-order valence-corrected chi connectivity index (χ1v) is 7.87. The predicted octanol–water partition coefficient (Wildman–Crippen LogP) is 3.34. The van der Waals surface area contributed by atoms with Crippen LogP contribution in [0.1, 0.15) is 24.4 Å². The van der Waals surface area contributed by atoms with Crippen LogP contribution in [0.15, 0.2) is 54.6 Å². The molecule has 1 fully saturated rings. The van der Waals surface area contributed by atoms with Crippen LogP contribution < -0.4 is 4.74 Å². The van der Waals surface area contributed by atoms with Crippen molar-refractivity contribution in [3.63, 3.8) is 0 Å². The molecule has 1 atom stereocenters. The van der Waals surface area contributed by atoms with Gasteiger partial charge in [-0.25, -0.2) is 0 Å². The number of ether oxygens (including phenoxy) is 1. The van der Waals surface area contributed by atoms with E-state index in [1.165, 1.54) is 12.1 Å². The highest BCUT2D eigenvalue weighted by Crippen LogP contribution is 2.32. The van der Waals surface area contributed by atoms with E-state index in [1.54, 1.807) is 17.0 Å². The zero-order valence-electron chi connectivity index (χ0n) is 13.1. The smallest absolute Gasteiger partial charge is 0.310 e. The first-order valence-electron chi connectivity index (χ1n) is 7.87. The van der Waals surface area contributed by atoms with Gasteiger partial charge in [0.2, 0.25) is 0 Å². The van der Waals surface area contributed by atoms with E-state index in [4.69, 9.17) is 4.74 Å². The van der Waals surface area contributed by atoms with Crippen molar-refractivity contribution in [1.29, 1.82) is 0 Å². The number of carbonyl (C=O) groups is 1. The van der Waals surface area contributed by atoms with Crippen LogP contribution in [0.5, 0.6) is 5.75 Å². The molecule has 0 unspecified atom stereocenters. The average molecular weight is 326 g/mol. The third-order valence-corrected chi connectivity index (χ3v) is 4.17.